The first-order chi connectivity index (χ1) is 10.1. The summed E-state index contributed by atoms with van der Waals surface area (Å²) in [7, 11) is -4.81. The molecule has 1 aliphatic rings. The summed E-state index contributed by atoms with van der Waals surface area (Å²) in [6.45, 7) is -0.747. The number of aliphatic hydroxyl groups is 2. The van der Waals surface area contributed by atoms with Gasteiger partial charge < -0.3 is 29.8 Å². The molecule has 1 saturated heterocycles. The van der Waals surface area contributed by atoms with Gasteiger partial charge in [-0.1, -0.05) is 0 Å². The highest BCUT2D eigenvalue weighted by atomic mass is 31.2. The molecule has 0 saturated carbocycles. The molecule has 12 nitrogen and oxygen atoms in total. The van der Waals surface area contributed by atoms with Crippen LogP contribution in [0.5, 0.6) is 5.75 Å². The lowest BCUT2D eigenvalue weighted by atomic mass is 10.1. The first kappa shape index (κ1) is 16.8. The van der Waals surface area contributed by atoms with E-state index >= 15 is 0 Å². The quantitative estimate of drug-likeness (QED) is 0.307. The van der Waals surface area contributed by atoms with E-state index in [0.29, 0.717) is 10.8 Å². The molecule has 4 unspecified atom stereocenters. The lowest BCUT2D eigenvalue weighted by molar-refractivity contribution is -0.0545. The van der Waals surface area contributed by atoms with Gasteiger partial charge in [0.05, 0.1) is 12.8 Å². The Hall–Kier alpha value is -1.53. The van der Waals surface area contributed by atoms with E-state index in [-0.39, 0.29) is 0 Å². The van der Waals surface area contributed by atoms with E-state index in [9.17, 15) is 29.5 Å². The van der Waals surface area contributed by atoms with Crippen LogP contribution in [0.15, 0.2) is 15.8 Å². The van der Waals surface area contributed by atoms with Gasteiger partial charge in [-0.3, -0.25) is 18.9 Å². The number of hydrogen-bond acceptors (Lipinski definition) is 8. The molecule has 124 valence electrons. The number of hydrogen-bond donors (Lipinski definition) is 6. The molecule has 0 aliphatic carbocycles. The van der Waals surface area contributed by atoms with E-state index in [1.165, 1.54) is 0 Å². The molecule has 1 aromatic rings. The van der Waals surface area contributed by atoms with Crippen LogP contribution in [0.4, 0.5) is 0 Å². The van der Waals surface area contributed by atoms with Crippen LogP contribution in [0, 0.1) is 0 Å². The Balaban J connectivity index is 2.23. The van der Waals surface area contributed by atoms with Crippen LogP contribution < -0.4 is 11.2 Å². The van der Waals surface area contributed by atoms with Crippen LogP contribution in [0.1, 0.15) is 6.23 Å². The van der Waals surface area contributed by atoms with Crippen molar-refractivity contribution in [3.05, 3.63) is 27.0 Å². The average Bonchev–Trinajstić information content (AvgIpc) is 2.68. The number of nitrogens with one attached hydrogen (secondary N) is 1. The number of phosphoric ester groups is 1. The van der Waals surface area contributed by atoms with Crippen molar-refractivity contribution in [3.8, 4) is 5.75 Å². The fourth-order valence-corrected chi connectivity index (χ4v) is 2.27. The van der Waals surface area contributed by atoms with Crippen LogP contribution in [0.3, 0.4) is 0 Å². The van der Waals surface area contributed by atoms with Gasteiger partial charge in [-0.05, 0) is 0 Å². The molecule has 2 heterocycles. The molecule has 0 spiro atoms. The van der Waals surface area contributed by atoms with E-state index in [1.807, 2.05) is 0 Å². The Kier molecular flexibility index (Phi) is 4.54. The minimum atomic E-state index is -4.81. The molecule has 0 radical (unpaired) electrons. The summed E-state index contributed by atoms with van der Waals surface area (Å²) in [5.74, 6) is -0.820. The maximum atomic E-state index is 11.6. The highest BCUT2D eigenvalue weighted by Crippen LogP contribution is 2.38. The molecule has 1 fully saturated rings. The molecule has 4 atom stereocenters. The second-order valence-corrected chi connectivity index (χ2v) is 5.75. The van der Waals surface area contributed by atoms with Crippen LogP contribution in [0.2, 0.25) is 0 Å². The van der Waals surface area contributed by atoms with Crippen molar-refractivity contribution >= 4 is 7.82 Å². The van der Waals surface area contributed by atoms with Crippen molar-refractivity contribution in [2.75, 3.05) is 6.61 Å². The molecule has 22 heavy (non-hydrogen) atoms. The predicted octanol–water partition coefficient (Wildman–Crippen LogP) is -3.03. The van der Waals surface area contributed by atoms with Crippen molar-refractivity contribution in [1.82, 2.24) is 9.55 Å². The van der Waals surface area contributed by atoms with Crippen molar-refractivity contribution in [2.45, 2.75) is 24.5 Å². The number of aromatic nitrogens is 2. The molecule has 13 heteroatoms. The standard InChI is InChI=1S/C9H13N2O10P/c12-3-1-11(9(16)10-7(3)15)8-6(14)5(13)4(21-8)2-20-22(17,18)19/h1,4-6,8,12-14H,2H2,(H,10,15,16)(H2,17,18,19). The SMILES string of the molecule is O=c1[nH]c(=O)n(C2OC(COP(=O)(O)O)C(O)C2O)cc1O. The Morgan fingerprint density at radius 2 is 1.95 bits per heavy atom. The Morgan fingerprint density at radius 3 is 2.55 bits per heavy atom. The lowest BCUT2D eigenvalue weighted by Gasteiger charge is -2.17. The van der Waals surface area contributed by atoms with Gasteiger partial charge in [0.1, 0.15) is 18.3 Å². The zero-order valence-corrected chi connectivity index (χ0v) is 11.7. The number of aromatic hydroxyl groups is 1. The summed E-state index contributed by atoms with van der Waals surface area (Å²) in [4.78, 5) is 41.6. The molecule has 2 rings (SSSR count). The molecule has 1 aromatic heterocycles. The maximum absolute atomic E-state index is 11.6. The smallest absolute Gasteiger partial charge is 0.469 e. The maximum Gasteiger partial charge on any atom is 0.469 e. The normalized spacial score (nSPS) is 28.9. The summed E-state index contributed by atoms with van der Waals surface area (Å²) in [5.41, 5.74) is -2.06. The summed E-state index contributed by atoms with van der Waals surface area (Å²) in [6, 6.07) is 0. The van der Waals surface area contributed by atoms with Crippen LogP contribution >= 0.6 is 7.82 Å². The highest BCUT2D eigenvalue weighted by Gasteiger charge is 2.45. The zero-order valence-electron chi connectivity index (χ0n) is 10.8. The first-order valence-electron chi connectivity index (χ1n) is 5.86. The minimum absolute atomic E-state index is 0.627. The number of H-pyrrole nitrogens is 1. The van der Waals surface area contributed by atoms with Gasteiger partial charge in [0, 0.05) is 0 Å². The minimum Gasteiger partial charge on any atom is -0.502 e. The number of phosphoric acid groups is 1. The third-order valence-corrected chi connectivity index (χ3v) is 3.45. The molecular weight excluding hydrogens is 327 g/mol. The van der Waals surface area contributed by atoms with Crippen molar-refractivity contribution in [1.29, 1.82) is 0 Å². The van der Waals surface area contributed by atoms with Gasteiger partial charge >= 0.3 is 13.5 Å². The number of rotatable bonds is 4. The Bertz CT molecular complexity index is 707. The highest BCUT2D eigenvalue weighted by molar-refractivity contribution is 7.46. The Labute approximate surface area is 121 Å². The van der Waals surface area contributed by atoms with Crippen LogP contribution in [-0.2, 0) is 13.8 Å². The molecule has 0 aromatic carbocycles. The number of ether oxygens (including phenoxy) is 1. The predicted molar refractivity (Wildman–Crippen MR) is 66.9 cm³/mol. The third kappa shape index (κ3) is 3.44. The van der Waals surface area contributed by atoms with E-state index in [1.54, 1.807) is 4.98 Å². The van der Waals surface area contributed by atoms with Gasteiger partial charge in [0.15, 0.2) is 12.0 Å². The average molecular weight is 340 g/mol. The zero-order chi connectivity index (χ0) is 16.7. The molecule has 6 N–H and O–H groups in total. The van der Waals surface area contributed by atoms with Crippen LogP contribution in [-0.4, -0.2) is 59.6 Å². The molecule has 0 bridgehead atoms. The van der Waals surface area contributed by atoms with E-state index in [2.05, 4.69) is 4.52 Å². The number of nitrogens with zero attached hydrogens (tertiary/aromatic N) is 1. The lowest BCUT2D eigenvalue weighted by Crippen LogP contribution is -2.37. The monoisotopic (exact) mass is 340 g/mol. The molecular formula is C9H13N2O10P. The largest absolute Gasteiger partial charge is 0.502 e. The van der Waals surface area contributed by atoms with E-state index in [0.717, 1.165) is 0 Å². The first-order valence-corrected chi connectivity index (χ1v) is 7.39. The van der Waals surface area contributed by atoms with E-state index < -0.39 is 56.0 Å². The fraction of sp³-hybridized carbons (Fsp3) is 0.556. The van der Waals surface area contributed by atoms with Gasteiger partial charge in [0.2, 0.25) is 0 Å². The molecule has 0 amide bonds. The van der Waals surface area contributed by atoms with Gasteiger partial charge in [-0.25, -0.2) is 9.36 Å². The third-order valence-electron chi connectivity index (χ3n) is 2.97. The summed E-state index contributed by atoms with van der Waals surface area (Å²) in [6.07, 6.45) is -5.40. The second kappa shape index (κ2) is 5.93. The van der Waals surface area contributed by atoms with Crippen LogP contribution in [0.25, 0.3) is 0 Å². The number of aliphatic hydroxyl groups excluding tert-OH is 2. The second-order valence-electron chi connectivity index (χ2n) is 4.51. The Morgan fingerprint density at radius 1 is 1.32 bits per heavy atom. The fourth-order valence-electron chi connectivity index (χ4n) is 1.93. The van der Waals surface area contributed by atoms with Crippen molar-refractivity contribution in [2.24, 2.45) is 0 Å². The summed E-state index contributed by atoms with van der Waals surface area (Å²) >= 11 is 0. The summed E-state index contributed by atoms with van der Waals surface area (Å²) < 4.78 is 20.5. The van der Waals surface area contributed by atoms with Crippen molar-refractivity contribution < 1.29 is 38.9 Å². The molecule has 1 aliphatic heterocycles. The van der Waals surface area contributed by atoms with Gasteiger partial charge in [-0.2, -0.15) is 0 Å². The van der Waals surface area contributed by atoms with Gasteiger partial charge in [-0.15, -0.1) is 0 Å². The summed E-state index contributed by atoms with van der Waals surface area (Å²) in [5, 5.41) is 28.9. The van der Waals surface area contributed by atoms with Gasteiger partial charge in [0.25, 0.3) is 5.56 Å². The van der Waals surface area contributed by atoms with Crippen molar-refractivity contribution in [3.63, 3.8) is 0 Å². The van der Waals surface area contributed by atoms with E-state index in [4.69, 9.17) is 14.5 Å². The topological polar surface area (TPSA) is 192 Å². The number of aromatic amines is 1.